The van der Waals surface area contributed by atoms with Gasteiger partial charge in [0.15, 0.2) is 0 Å². The first-order valence-corrected chi connectivity index (χ1v) is 4.07. The highest BCUT2D eigenvalue weighted by Gasteiger charge is 2.48. The smallest absolute Gasteiger partial charge is 0.317 e. The minimum absolute atomic E-state index is 0.0761. The van der Waals surface area contributed by atoms with Crippen molar-refractivity contribution in [3.8, 4) is 0 Å². The Kier molecular flexibility index (Phi) is 1.65. The Hall–Kier alpha value is -0.900. The summed E-state index contributed by atoms with van der Waals surface area (Å²) in [6, 6.07) is 0. The van der Waals surface area contributed by atoms with Crippen molar-refractivity contribution in [3.63, 3.8) is 0 Å². The monoisotopic (exact) mass is 170 g/mol. The molecule has 1 saturated heterocycles. The van der Waals surface area contributed by atoms with E-state index in [1.807, 2.05) is 0 Å². The fraction of sp³-hybridized carbons (Fsp3) is 0.750. The normalized spacial score (nSPS) is 40.9. The highest BCUT2D eigenvalue weighted by atomic mass is 16.5. The second-order valence-corrected chi connectivity index (χ2v) is 3.34. The van der Waals surface area contributed by atoms with Gasteiger partial charge in [0.05, 0.1) is 12.7 Å². The van der Waals surface area contributed by atoms with E-state index in [-0.39, 0.29) is 18.3 Å². The van der Waals surface area contributed by atoms with Gasteiger partial charge in [-0.15, -0.1) is 0 Å². The molecule has 0 aromatic carbocycles. The van der Waals surface area contributed by atoms with Crippen molar-refractivity contribution < 1.29 is 19.4 Å². The van der Waals surface area contributed by atoms with Gasteiger partial charge >= 0.3 is 5.97 Å². The van der Waals surface area contributed by atoms with Crippen LogP contribution in [0.3, 0.4) is 0 Å². The summed E-state index contributed by atoms with van der Waals surface area (Å²) in [4.78, 5) is 22.2. The maximum Gasteiger partial charge on any atom is 0.317 e. The lowest BCUT2D eigenvalue weighted by molar-refractivity contribution is -0.146. The van der Waals surface area contributed by atoms with Gasteiger partial charge in [0.1, 0.15) is 11.7 Å². The zero-order chi connectivity index (χ0) is 8.72. The van der Waals surface area contributed by atoms with Crippen molar-refractivity contribution >= 4 is 11.8 Å². The van der Waals surface area contributed by atoms with Gasteiger partial charge in [-0.2, -0.15) is 0 Å². The molecule has 1 N–H and O–H groups in total. The van der Waals surface area contributed by atoms with Gasteiger partial charge in [-0.25, -0.2) is 0 Å². The molecule has 0 radical (unpaired) electrons. The minimum Gasteiger partial charge on any atom is -0.465 e. The number of hydrogen-bond donors (Lipinski definition) is 1. The molecule has 2 fully saturated rings. The summed E-state index contributed by atoms with van der Waals surface area (Å²) >= 11 is 0. The van der Waals surface area contributed by atoms with Crippen LogP contribution >= 0.6 is 0 Å². The highest BCUT2D eigenvalue weighted by molar-refractivity contribution is 6.01. The topological polar surface area (TPSA) is 63.6 Å². The maximum atomic E-state index is 11.2. The number of aliphatic hydroxyl groups excluding tert-OH is 1. The summed E-state index contributed by atoms with van der Waals surface area (Å²) < 4.78 is 4.72. The van der Waals surface area contributed by atoms with Crippen LogP contribution in [0, 0.1) is 11.8 Å². The minimum atomic E-state index is -0.672. The number of carbonyl (C=O) groups is 2. The SMILES string of the molecule is O=C1CCC(O)C2COC(=O)C12. The van der Waals surface area contributed by atoms with Crippen molar-refractivity contribution in [2.24, 2.45) is 11.8 Å². The number of ether oxygens (including phenoxy) is 1. The van der Waals surface area contributed by atoms with E-state index in [1.165, 1.54) is 0 Å². The predicted molar refractivity (Wildman–Crippen MR) is 38.2 cm³/mol. The standard InChI is InChI=1S/C8H10O4/c9-5-1-2-6(10)7-4(5)3-12-8(7)11/h4-5,7,9H,1-3H2. The largest absolute Gasteiger partial charge is 0.465 e. The molecule has 0 aromatic heterocycles. The van der Waals surface area contributed by atoms with Gasteiger partial charge < -0.3 is 9.84 Å². The summed E-state index contributed by atoms with van der Waals surface area (Å²) in [6.45, 7) is 0.205. The van der Waals surface area contributed by atoms with Crippen LogP contribution in [-0.2, 0) is 14.3 Å². The number of Topliss-reactive ketones (excluding diaryl/α,β-unsaturated/α-hetero) is 1. The predicted octanol–water partition coefficient (Wildman–Crippen LogP) is -0.501. The van der Waals surface area contributed by atoms with E-state index in [0.717, 1.165) is 0 Å². The van der Waals surface area contributed by atoms with Crippen LogP contribution < -0.4 is 0 Å². The van der Waals surface area contributed by atoms with E-state index in [1.54, 1.807) is 0 Å². The van der Waals surface area contributed by atoms with Gasteiger partial charge in [0, 0.05) is 12.3 Å². The van der Waals surface area contributed by atoms with Gasteiger partial charge in [-0.1, -0.05) is 0 Å². The lowest BCUT2D eigenvalue weighted by Gasteiger charge is -2.25. The maximum absolute atomic E-state index is 11.2. The number of esters is 1. The van der Waals surface area contributed by atoms with E-state index in [2.05, 4.69) is 0 Å². The molecule has 0 amide bonds. The van der Waals surface area contributed by atoms with E-state index in [9.17, 15) is 14.7 Å². The van der Waals surface area contributed by atoms with Crippen LogP contribution in [0.15, 0.2) is 0 Å². The summed E-state index contributed by atoms with van der Waals surface area (Å²) in [5.74, 6) is -1.48. The van der Waals surface area contributed by atoms with Gasteiger partial charge in [0.25, 0.3) is 0 Å². The molecule has 1 aliphatic heterocycles. The van der Waals surface area contributed by atoms with Crippen molar-refractivity contribution in [2.75, 3.05) is 6.61 Å². The molecule has 66 valence electrons. The van der Waals surface area contributed by atoms with E-state index in [4.69, 9.17) is 4.74 Å². The van der Waals surface area contributed by atoms with Crippen LogP contribution in [0.25, 0.3) is 0 Å². The average molecular weight is 170 g/mol. The van der Waals surface area contributed by atoms with Gasteiger partial charge in [-0.05, 0) is 6.42 Å². The Morgan fingerprint density at radius 2 is 2.17 bits per heavy atom. The Labute approximate surface area is 69.5 Å². The lowest BCUT2D eigenvalue weighted by Crippen LogP contribution is -2.38. The third-order valence-corrected chi connectivity index (χ3v) is 2.63. The zero-order valence-corrected chi connectivity index (χ0v) is 6.53. The van der Waals surface area contributed by atoms with Crippen LogP contribution in [0.1, 0.15) is 12.8 Å². The first-order valence-electron chi connectivity index (χ1n) is 4.07. The summed E-state index contributed by atoms with van der Waals surface area (Å²) in [7, 11) is 0. The Bertz CT molecular complexity index is 235. The number of cyclic esters (lactones) is 1. The van der Waals surface area contributed by atoms with Crippen LogP contribution in [0.4, 0.5) is 0 Å². The average Bonchev–Trinajstić information content (AvgIpc) is 2.42. The summed E-state index contributed by atoms with van der Waals surface area (Å²) in [6.07, 6.45) is 0.229. The number of rotatable bonds is 0. The number of hydrogen-bond acceptors (Lipinski definition) is 4. The Balaban J connectivity index is 2.24. The number of aliphatic hydroxyl groups is 1. The fourth-order valence-corrected chi connectivity index (χ4v) is 1.90. The first kappa shape index (κ1) is 7.73. The van der Waals surface area contributed by atoms with Crippen molar-refractivity contribution in [3.05, 3.63) is 0 Å². The molecule has 2 rings (SSSR count). The van der Waals surface area contributed by atoms with Crippen molar-refractivity contribution in [1.29, 1.82) is 0 Å². The molecule has 3 unspecified atom stereocenters. The van der Waals surface area contributed by atoms with Crippen molar-refractivity contribution in [1.82, 2.24) is 0 Å². The molecular weight excluding hydrogens is 160 g/mol. The van der Waals surface area contributed by atoms with Crippen LogP contribution in [-0.4, -0.2) is 29.6 Å². The quantitative estimate of drug-likeness (QED) is 0.393. The molecule has 1 saturated carbocycles. The van der Waals surface area contributed by atoms with Gasteiger partial charge in [0.2, 0.25) is 0 Å². The molecule has 1 heterocycles. The second kappa shape index (κ2) is 2.55. The molecule has 2 aliphatic rings. The number of carbonyl (C=O) groups excluding carboxylic acids is 2. The molecule has 4 nitrogen and oxygen atoms in total. The fourth-order valence-electron chi connectivity index (χ4n) is 1.90. The van der Waals surface area contributed by atoms with Crippen LogP contribution in [0.5, 0.6) is 0 Å². The first-order chi connectivity index (χ1) is 5.70. The third-order valence-electron chi connectivity index (χ3n) is 2.63. The Morgan fingerprint density at radius 3 is 2.83 bits per heavy atom. The highest BCUT2D eigenvalue weighted by Crippen LogP contribution is 2.33. The van der Waals surface area contributed by atoms with Crippen molar-refractivity contribution in [2.45, 2.75) is 18.9 Å². The molecule has 3 atom stereocenters. The third kappa shape index (κ3) is 0.948. The second-order valence-electron chi connectivity index (χ2n) is 3.34. The van der Waals surface area contributed by atoms with Crippen LogP contribution in [0.2, 0.25) is 0 Å². The summed E-state index contributed by atoms with van der Waals surface area (Å²) in [5.41, 5.74) is 0. The number of fused-ring (bicyclic) bond motifs is 1. The summed E-state index contributed by atoms with van der Waals surface area (Å²) in [5, 5.41) is 9.43. The molecule has 12 heavy (non-hydrogen) atoms. The molecule has 0 spiro atoms. The molecular formula is C8H10O4. The molecule has 0 bridgehead atoms. The van der Waals surface area contributed by atoms with Gasteiger partial charge in [-0.3, -0.25) is 9.59 Å². The zero-order valence-electron chi connectivity index (χ0n) is 6.53. The van der Waals surface area contributed by atoms with E-state index < -0.39 is 18.0 Å². The molecule has 4 heteroatoms. The van der Waals surface area contributed by atoms with E-state index >= 15 is 0 Å². The van der Waals surface area contributed by atoms with E-state index in [0.29, 0.717) is 12.8 Å². The number of ketones is 1. The molecule has 0 aromatic rings. The Morgan fingerprint density at radius 1 is 1.42 bits per heavy atom. The lowest BCUT2D eigenvalue weighted by atomic mass is 9.78. The molecule has 1 aliphatic carbocycles.